The van der Waals surface area contributed by atoms with Crippen LogP contribution >= 0.6 is 11.8 Å². The van der Waals surface area contributed by atoms with Gasteiger partial charge in [0, 0.05) is 30.9 Å². The standard InChI is InChI=1S/C18H34N2O2S/c1-18(2,3)22-17(21)20-12-7-10-16(20)14-8-5-6-9-15(14)19-11-13-23-4/h14-16,19H,5-13H2,1-4H3. The first kappa shape index (κ1) is 18.9. The first-order valence-corrected chi connectivity index (χ1v) is 10.5. The molecule has 23 heavy (non-hydrogen) atoms. The van der Waals surface area contributed by atoms with Gasteiger partial charge in [-0.05, 0) is 58.6 Å². The Kier molecular flexibility index (Phi) is 7.08. The van der Waals surface area contributed by atoms with Gasteiger partial charge in [-0.15, -0.1) is 0 Å². The van der Waals surface area contributed by atoms with E-state index in [4.69, 9.17) is 4.74 Å². The predicted octanol–water partition coefficient (Wildman–Crippen LogP) is 3.90. The molecule has 0 bridgehead atoms. The summed E-state index contributed by atoms with van der Waals surface area (Å²) in [4.78, 5) is 14.6. The molecular weight excluding hydrogens is 308 g/mol. The third kappa shape index (κ3) is 5.56. The largest absolute Gasteiger partial charge is 0.444 e. The summed E-state index contributed by atoms with van der Waals surface area (Å²) >= 11 is 1.89. The van der Waals surface area contributed by atoms with Crippen molar-refractivity contribution in [2.24, 2.45) is 5.92 Å². The number of hydrogen-bond donors (Lipinski definition) is 1. The number of carbonyl (C=O) groups is 1. The number of nitrogens with one attached hydrogen (secondary N) is 1. The number of thioether (sulfide) groups is 1. The Labute approximate surface area is 146 Å². The highest BCUT2D eigenvalue weighted by molar-refractivity contribution is 7.98. The predicted molar refractivity (Wildman–Crippen MR) is 98.1 cm³/mol. The fourth-order valence-electron chi connectivity index (χ4n) is 4.00. The summed E-state index contributed by atoms with van der Waals surface area (Å²) in [5.41, 5.74) is -0.410. The van der Waals surface area contributed by atoms with E-state index in [1.165, 1.54) is 25.7 Å². The Bertz CT molecular complexity index is 384. The van der Waals surface area contributed by atoms with E-state index >= 15 is 0 Å². The summed E-state index contributed by atoms with van der Waals surface area (Å²) in [5, 5.41) is 3.76. The van der Waals surface area contributed by atoms with E-state index in [2.05, 4.69) is 11.6 Å². The normalized spacial score (nSPS) is 28.9. The van der Waals surface area contributed by atoms with Gasteiger partial charge in [0.05, 0.1) is 0 Å². The molecule has 1 heterocycles. The minimum absolute atomic E-state index is 0.117. The molecule has 2 aliphatic rings. The summed E-state index contributed by atoms with van der Waals surface area (Å²) in [5.74, 6) is 1.74. The van der Waals surface area contributed by atoms with E-state index < -0.39 is 5.60 Å². The van der Waals surface area contributed by atoms with Crippen LogP contribution in [0.25, 0.3) is 0 Å². The molecule has 5 heteroatoms. The smallest absolute Gasteiger partial charge is 0.410 e. The molecule has 1 saturated heterocycles. The van der Waals surface area contributed by atoms with Crippen LogP contribution in [0.5, 0.6) is 0 Å². The highest BCUT2D eigenvalue weighted by Gasteiger charge is 2.40. The zero-order chi connectivity index (χ0) is 16.9. The van der Waals surface area contributed by atoms with Gasteiger partial charge in [-0.3, -0.25) is 0 Å². The average molecular weight is 343 g/mol. The number of amides is 1. The second-order valence-corrected chi connectivity index (χ2v) is 8.87. The Morgan fingerprint density at radius 3 is 2.65 bits per heavy atom. The van der Waals surface area contributed by atoms with Crippen LogP contribution in [0.4, 0.5) is 4.79 Å². The molecule has 4 nitrogen and oxygen atoms in total. The highest BCUT2D eigenvalue weighted by Crippen LogP contribution is 2.35. The zero-order valence-corrected chi connectivity index (χ0v) is 16.1. The van der Waals surface area contributed by atoms with Crippen molar-refractivity contribution < 1.29 is 9.53 Å². The van der Waals surface area contributed by atoms with Crippen LogP contribution in [0.15, 0.2) is 0 Å². The summed E-state index contributed by atoms with van der Waals surface area (Å²) in [7, 11) is 0. The van der Waals surface area contributed by atoms with Crippen molar-refractivity contribution in [3.8, 4) is 0 Å². The minimum Gasteiger partial charge on any atom is -0.444 e. The maximum Gasteiger partial charge on any atom is 0.410 e. The quantitative estimate of drug-likeness (QED) is 0.770. The molecule has 1 aliphatic heterocycles. The van der Waals surface area contributed by atoms with Crippen LogP contribution < -0.4 is 5.32 Å². The summed E-state index contributed by atoms with van der Waals surface area (Å²) in [6.07, 6.45) is 9.37. The molecule has 1 N–H and O–H groups in total. The maximum atomic E-state index is 12.6. The lowest BCUT2D eigenvalue weighted by molar-refractivity contribution is 0.0134. The van der Waals surface area contributed by atoms with Crippen LogP contribution in [0, 0.1) is 5.92 Å². The van der Waals surface area contributed by atoms with Gasteiger partial charge >= 0.3 is 6.09 Å². The number of likely N-dealkylation sites (tertiary alicyclic amines) is 1. The molecule has 2 rings (SSSR count). The Morgan fingerprint density at radius 2 is 1.96 bits per heavy atom. The van der Waals surface area contributed by atoms with Crippen LogP contribution in [-0.2, 0) is 4.74 Å². The van der Waals surface area contributed by atoms with Crippen molar-refractivity contribution in [1.82, 2.24) is 10.2 Å². The third-order valence-corrected chi connectivity index (χ3v) is 5.57. The van der Waals surface area contributed by atoms with Crippen molar-refractivity contribution in [3.05, 3.63) is 0 Å². The van der Waals surface area contributed by atoms with Gasteiger partial charge in [-0.1, -0.05) is 12.8 Å². The average Bonchev–Trinajstić information content (AvgIpc) is 2.96. The van der Waals surface area contributed by atoms with E-state index in [0.29, 0.717) is 18.0 Å². The number of nitrogens with zero attached hydrogens (tertiary/aromatic N) is 1. The van der Waals surface area contributed by atoms with Crippen molar-refractivity contribution in [3.63, 3.8) is 0 Å². The fraction of sp³-hybridized carbons (Fsp3) is 0.944. The molecule has 0 aromatic rings. The molecule has 134 valence electrons. The minimum atomic E-state index is -0.410. The molecule has 1 saturated carbocycles. The number of rotatable bonds is 5. The lowest BCUT2D eigenvalue weighted by Crippen LogP contribution is -2.51. The van der Waals surface area contributed by atoms with E-state index in [1.807, 2.05) is 37.4 Å². The first-order valence-electron chi connectivity index (χ1n) is 9.14. The molecule has 0 spiro atoms. The topological polar surface area (TPSA) is 41.6 Å². The van der Waals surface area contributed by atoms with Gasteiger partial charge in [0.25, 0.3) is 0 Å². The van der Waals surface area contributed by atoms with E-state index in [-0.39, 0.29) is 6.09 Å². The number of carbonyl (C=O) groups excluding carboxylic acids is 1. The molecule has 0 radical (unpaired) electrons. The van der Waals surface area contributed by atoms with Gasteiger partial charge in [0.2, 0.25) is 0 Å². The van der Waals surface area contributed by atoms with E-state index in [0.717, 1.165) is 31.7 Å². The Hall–Kier alpha value is -0.420. The highest BCUT2D eigenvalue weighted by atomic mass is 32.2. The lowest BCUT2D eigenvalue weighted by atomic mass is 9.79. The van der Waals surface area contributed by atoms with Crippen LogP contribution in [0.1, 0.15) is 59.3 Å². The number of ether oxygens (including phenoxy) is 1. The number of hydrogen-bond acceptors (Lipinski definition) is 4. The van der Waals surface area contributed by atoms with Crippen molar-refractivity contribution >= 4 is 17.9 Å². The lowest BCUT2D eigenvalue weighted by Gasteiger charge is -2.40. The van der Waals surface area contributed by atoms with E-state index in [1.54, 1.807) is 0 Å². The molecule has 1 amide bonds. The van der Waals surface area contributed by atoms with Gasteiger partial charge in [-0.25, -0.2) is 4.79 Å². The van der Waals surface area contributed by atoms with Crippen molar-refractivity contribution in [2.45, 2.75) is 77.0 Å². The summed E-state index contributed by atoms with van der Waals surface area (Å²) < 4.78 is 5.64. The van der Waals surface area contributed by atoms with Gasteiger partial charge in [0.1, 0.15) is 5.60 Å². The first-order chi connectivity index (χ1) is 10.9. The molecule has 0 aromatic carbocycles. The van der Waals surface area contributed by atoms with E-state index in [9.17, 15) is 4.79 Å². The van der Waals surface area contributed by atoms with Gasteiger partial charge < -0.3 is 15.0 Å². The van der Waals surface area contributed by atoms with Crippen molar-refractivity contribution in [1.29, 1.82) is 0 Å². The Morgan fingerprint density at radius 1 is 1.22 bits per heavy atom. The van der Waals surface area contributed by atoms with Crippen LogP contribution in [0.2, 0.25) is 0 Å². The monoisotopic (exact) mass is 342 g/mol. The summed E-state index contributed by atoms with van der Waals surface area (Å²) in [6, 6.07) is 0.917. The maximum absolute atomic E-state index is 12.6. The molecule has 3 atom stereocenters. The zero-order valence-electron chi connectivity index (χ0n) is 15.3. The Balaban J connectivity index is 1.99. The molecular formula is C18H34N2O2S. The molecule has 1 aliphatic carbocycles. The fourth-order valence-corrected chi connectivity index (χ4v) is 4.33. The molecule has 3 unspecified atom stereocenters. The van der Waals surface area contributed by atoms with Gasteiger partial charge in [0.15, 0.2) is 0 Å². The van der Waals surface area contributed by atoms with Crippen LogP contribution in [0.3, 0.4) is 0 Å². The van der Waals surface area contributed by atoms with Gasteiger partial charge in [-0.2, -0.15) is 11.8 Å². The SMILES string of the molecule is CSCCNC1CCCCC1C1CCCN1C(=O)OC(C)(C)C. The van der Waals surface area contributed by atoms with Crippen LogP contribution in [-0.4, -0.2) is 53.8 Å². The molecule has 0 aromatic heterocycles. The second-order valence-electron chi connectivity index (χ2n) is 7.89. The second kappa shape index (κ2) is 8.61. The summed E-state index contributed by atoms with van der Waals surface area (Å²) in [6.45, 7) is 7.77. The third-order valence-electron chi connectivity index (χ3n) is 4.95. The van der Waals surface area contributed by atoms with Crippen molar-refractivity contribution in [2.75, 3.05) is 25.1 Å². The molecule has 2 fully saturated rings.